The number of alkyl halides is 3. The third-order valence-corrected chi connectivity index (χ3v) is 5.01. The molecule has 4 heterocycles. The van der Waals surface area contributed by atoms with Crippen molar-refractivity contribution in [2.75, 3.05) is 13.1 Å². The van der Waals surface area contributed by atoms with Crippen molar-refractivity contribution in [2.24, 2.45) is 0 Å². The number of halogens is 3. The molecule has 0 bridgehead atoms. The molecule has 0 radical (unpaired) electrons. The second kappa shape index (κ2) is 6.68. The number of aromatic nitrogens is 3. The summed E-state index contributed by atoms with van der Waals surface area (Å²) in [6.07, 6.45) is 1.79. The number of hydrogen-bond acceptors (Lipinski definition) is 3. The number of fused-ring (bicyclic) bond motifs is 1. The summed E-state index contributed by atoms with van der Waals surface area (Å²) in [6.45, 7) is 1.11. The lowest BCUT2D eigenvalue weighted by atomic mass is 9.89. The lowest BCUT2D eigenvalue weighted by Gasteiger charge is -2.32. The average molecular weight is 374 g/mol. The number of carbonyl (C=O) groups is 1. The van der Waals surface area contributed by atoms with Crippen LogP contribution in [-0.2, 0) is 6.18 Å². The van der Waals surface area contributed by atoms with Gasteiger partial charge in [-0.1, -0.05) is 0 Å². The van der Waals surface area contributed by atoms with E-state index in [4.69, 9.17) is 0 Å². The molecule has 0 unspecified atom stereocenters. The molecule has 27 heavy (non-hydrogen) atoms. The van der Waals surface area contributed by atoms with Gasteiger partial charge in [0.05, 0.1) is 5.56 Å². The van der Waals surface area contributed by atoms with E-state index < -0.39 is 11.9 Å². The van der Waals surface area contributed by atoms with Crippen LogP contribution in [0.4, 0.5) is 13.2 Å². The fourth-order valence-electron chi connectivity index (χ4n) is 3.58. The van der Waals surface area contributed by atoms with Crippen LogP contribution in [0.2, 0.25) is 0 Å². The zero-order valence-electron chi connectivity index (χ0n) is 14.3. The molecule has 1 fully saturated rings. The minimum absolute atomic E-state index is 0.178. The Morgan fingerprint density at radius 1 is 1.15 bits per heavy atom. The Morgan fingerprint density at radius 2 is 1.93 bits per heavy atom. The van der Waals surface area contributed by atoms with E-state index in [2.05, 4.69) is 15.0 Å². The zero-order chi connectivity index (χ0) is 19.0. The van der Waals surface area contributed by atoms with Gasteiger partial charge in [0.15, 0.2) is 0 Å². The third kappa shape index (κ3) is 3.39. The van der Waals surface area contributed by atoms with Gasteiger partial charge in [0, 0.05) is 37.1 Å². The molecule has 4 rings (SSSR count). The van der Waals surface area contributed by atoms with Gasteiger partial charge in [-0.3, -0.25) is 9.78 Å². The second-order valence-corrected chi connectivity index (χ2v) is 6.64. The molecule has 1 N–H and O–H groups in total. The van der Waals surface area contributed by atoms with E-state index in [1.165, 1.54) is 11.6 Å². The van der Waals surface area contributed by atoms with Crippen LogP contribution in [0.5, 0.6) is 0 Å². The quantitative estimate of drug-likeness (QED) is 0.738. The number of nitrogens with zero attached hydrogens (tertiary/aromatic N) is 3. The predicted octanol–water partition coefficient (Wildman–Crippen LogP) is 4.00. The summed E-state index contributed by atoms with van der Waals surface area (Å²) in [5.41, 5.74) is 1.23. The predicted molar refractivity (Wildman–Crippen MR) is 93.2 cm³/mol. The smallest absolute Gasteiger partial charge is 0.346 e. The highest BCUT2D eigenvalue weighted by Crippen LogP contribution is 2.33. The molecule has 5 nitrogen and oxygen atoms in total. The molecule has 0 saturated carbocycles. The maximum atomic E-state index is 12.6. The Bertz CT molecular complexity index is 957. The number of hydrogen-bond donors (Lipinski definition) is 1. The lowest BCUT2D eigenvalue weighted by molar-refractivity contribution is -0.141. The van der Waals surface area contributed by atoms with Crippen molar-refractivity contribution in [3.63, 3.8) is 0 Å². The van der Waals surface area contributed by atoms with Gasteiger partial charge in [0.2, 0.25) is 0 Å². The highest BCUT2D eigenvalue weighted by atomic mass is 19.4. The van der Waals surface area contributed by atoms with E-state index in [0.717, 1.165) is 36.1 Å². The summed E-state index contributed by atoms with van der Waals surface area (Å²) >= 11 is 0. The fourth-order valence-corrected chi connectivity index (χ4v) is 3.58. The topological polar surface area (TPSA) is 61.9 Å². The Labute approximate surface area is 153 Å². The lowest BCUT2D eigenvalue weighted by Crippen LogP contribution is -2.38. The molecule has 1 amide bonds. The van der Waals surface area contributed by atoms with Crippen LogP contribution >= 0.6 is 0 Å². The number of aromatic amines is 1. The Balaban J connectivity index is 1.43. The van der Waals surface area contributed by atoms with E-state index in [0.29, 0.717) is 19.0 Å². The molecule has 0 atom stereocenters. The second-order valence-electron chi connectivity index (χ2n) is 6.64. The van der Waals surface area contributed by atoms with Crippen LogP contribution in [-0.4, -0.2) is 38.8 Å². The summed E-state index contributed by atoms with van der Waals surface area (Å²) in [5, 5.41) is 1.09. The monoisotopic (exact) mass is 374 g/mol. The van der Waals surface area contributed by atoms with E-state index in [-0.39, 0.29) is 11.5 Å². The maximum Gasteiger partial charge on any atom is 0.433 e. The summed E-state index contributed by atoms with van der Waals surface area (Å²) < 4.78 is 37.8. The zero-order valence-corrected chi connectivity index (χ0v) is 14.3. The van der Waals surface area contributed by atoms with Gasteiger partial charge in [-0.15, -0.1) is 0 Å². The summed E-state index contributed by atoms with van der Waals surface area (Å²) in [7, 11) is 0. The first-order valence-electron chi connectivity index (χ1n) is 8.68. The van der Waals surface area contributed by atoms with E-state index in [1.54, 1.807) is 11.1 Å². The maximum absolute atomic E-state index is 12.6. The SMILES string of the molecule is O=C(c1ccc(C(F)(F)F)nc1)N1CCC(c2c[nH]c3ncccc23)CC1. The van der Waals surface area contributed by atoms with Gasteiger partial charge in [-0.05, 0) is 48.6 Å². The molecule has 0 aromatic carbocycles. The highest BCUT2D eigenvalue weighted by molar-refractivity contribution is 5.94. The molecule has 140 valence electrons. The van der Waals surface area contributed by atoms with Crippen molar-refractivity contribution < 1.29 is 18.0 Å². The van der Waals surface area contributed by atoms with Crippen molar-refractivity contribution in [1.82, 2.24) is 19.9 Å². The molecule has 8 heteroatoms. The molecular formula is C19H17F3N4O. The van der Waals surface area contributed by atoms with Crippen molar-refractivity contribution in [3.05, 3.63) is 59.7 Å². The number of pyridine rings is 2. The molecule has 0 aliphatic carbocycles. The normalized spacial score (nSPS) is 16.0. The number of piperidine rings is 1. The van der Waals surface area contributed by atoms with Crippen LogP contribution < -0.4 is 0 Å². The minimum Gasteiger partial charge on any atom is -0.346 e. The van der Waals surface area contributed by atoms with Gasteiger partial charge in [-0.2, -0.15) is 13.2 Å². The fraction of sp³-hybridized carbons (Fsp3) is 0.316. The Morgan fingerprint density at radius 3 is 2.59 bits per heavy atom. The van der Waals surface area contributed by atoms with Gasteiger partial charge in [-0.25, -0.2) is 4.98 Å². The van der Waals surface area contributed by atoms with Gasteiger partial charge >= 0.3 is 6.18 Å². The van der Waals surface area contributed by atoms with Gasteiger partial charge in [0.25, 0.3) is 5.91 Å². The molecule has 3 aromatic heterocycles. The van der Waals surface area contributed by atoms with Crippen molar-refractivity contribution in [1.29, 1.82) is 0 Å². The van der Waals surface area contributed by atoms with Crippen molar-refractivity contribution >= 4 is 16.9 Å². The summed E-state index contributed by atoms with van der Waals surface area (Å²) in [5.74, 6) is 0.0352. The molecule has 1 saturated heterocycles. The van der Waals surface area contributed by atoms with Gasteiger partial charge < -0.3 is 9.88 Å². The van der Waals surface area contributed by atoms with Crippen LogP contribution in [0.3, 0.4) is 0 Å². The minimum atomic E-state index is -4.51. The molecule has 1 aliphatic heterocycles. The number of nitrogens with one attached hydrogen (secondary N) is 1. The molecule has 0 spiro atoms. The molecule has 1 aliphatic rings. The highest BCUT2D eigenvalue weighted by Gasteiger charge is 2.33. The van der Waals surface area contributed by atoms with Crippen LogP contribution in [0.25, 0.3) is 11.0 Å². The first-order valence-corrected chi connectivity index (χ1v) is 8.68. The van der Waals surface area contributed by atoms with E-state index in [1.807, 2.05) is 18.3 Å². The Hall–Kier alpha value is -2.90. The van der Waals surface area contributed by atoms with Gasteiger partial charge in [0.1, 0.15) is 11.3 Å². The van der Waals surface area contributed by atoms with Crippen LogP contribution in [0, 0.1) is 0 Å². The van der Waals surface area contributed by atoms with Crippen LogP contribution in [0.1, 0.15) is 40.4 Å². The number of H-pyrrole nitrogens is 1. The number of amides is 1. The standard InChI is InChI=1S/C19H17F3N4O/c20-19(21,22)16-4-3-13(10-24-16)18(27)26-8-5-12(6-9-26)15-11-25-17-14(15)2-1-7-23-17/h1-4,7,10-12H,5-6,8-9H2,(H,23,25). The number of rotatable bonds is 2. The van der Waals surface area contributed by atoms with Crippen molar-refractivity contribution in [2.45, 2.75) is 24.9 Å². The molecular weight excluding hydrogens is 357 g/mol. The van der Waals surface area contributed by atoms with Crippen molar-refractivity contribution in [3.8, 4) is 0 Å². The Kier molecular flexibility index (Phi) is 4.33. The van der Waals surface area contributed by atoms with E-state index >= 15 is 0 Å². The third-order valence-electron chi connectivity index (χ3n) is 5.01. The summed E-state index contributed by atoms with van der Waals surface area (Å²) in [6, 6.07) is 5.96. The van der Waals surface area contributed by atoms with E-state index in [9.17, 15) is 18.0 Å². The number of likely N-dealkylation sites (tertiary alicyclic amines) is 1. The molecule has 3 aromatic rings. The summed E-state index contributed by atoms with van der Waals surface area (Å²) in [4.78, 5) is 25.1. The largest absolute Gasteiger partial charge is 0.433 e. The average Bonchev–Trinajstić information content (AvgIpc) is 3.11. The number of carbonyl (C=O) groups excluding carboxylic acids is 1. The first kappa shape index (κ1) is 17.5. The first-order chi connectivity index (χ1) is 12.9. The van der Waals surface area contributed by atoms with Crippen LogP contribution in [0.15, 0.2) is 42.9 Å².